The van der Waals surface area contributed by atoms with E-state index in [9.17, 15) is 19.7 Å². The van der Waals surface area contributed by atoms with E-state index in [-0.39, 0.29) is 16.4 Å². The number of benzene rings is 1. The van der Waals surface area contributed by atoms with Crippen LogP contribution in [0.25, 0.3) is 6.08 Å². The molecule has 0 aliphatic carbocycles. The van der Waals surface area contributed by atoms with E-state index in [1.54, 1.807) is 12.1 Å². The molecule has 2 N–H and O–H groups in total. The molecule has 2 aliphatic heterocycles. The van der Waals surface area contributed by atoms with Gasteiger partial charge in [0.2, 0.25) is 0 Å². The Kier molecular flexibility index (Phi) is 4.96. The van der Waals surface area contributed by atoms with Crippen molar-refractivity contribution in [2.24, 2.45) is 0 Å². The number of rotatable bonds is 3. The molecule has 2 fully saturated rings. The molecule has 2 aliphatic rings. The van der Waals surface area contributed by atoms with E-state index in [1.165, 1.54) is 12.1 Å². The highest BCUT2D eigenvalue weighted by Crippen LogP contribution is 2.30. The summed E-state index contributed by atoms with van der Waals surface area (Å²) in [6.07, 6.45) is 1.31. The molecule has 0 bridgehead atoms. The second-order valence-corrected chi connectivity index (χ2v) is 6.50. The number of nitrogens with one attached hydrogen (secondary N) is 2. The van der Waals surface area contributed by atoms with Crippen LogP contribution in [0.3, 0.4) is 0 Å². The average molecular weight is 375 g/mol. The minimum Gasteiger partial charge on any atom is -0.363 e. The minimum absolute atomic E-state index is 0.0592. The number of amides is 2. The monoisotopic (exact) mass is 375 g/mol. The lowest BCUT2D eigenvalue weighted by Gasteiger charge is -2.33. The van der Waals surface area contributed by atoms with Crippen LogP contribution in [-0.4, -0.2) is 60.0 Å². The molecule has 2 amide bonds. The molecule has 0 spiro atoms. The van der Waals surface area contributed by atoms with Crippen LogP contribution in [0, 0.1) is 10.1 Å². The average Bonchev–Trinajstić information content (AvgIpc) is 2.58. The summed E-state index contributed by atoms with van der Waals surface area (Å²) in [5.74, 6) is -1.27. The summed E-state index contributed by atoms with van der Waals surface area (Å²) in [7, 11) is 2.01. The second kappa shape index (κ2) is 7.18. The molecule has 0 radical (unpaired) electrons. The Morgan fingerprint density at radius 2 is 1.77 bits per heavy atom. The van der Waals surface area contributed by atoms with E-state index >= 15 is 0 Å². The Labute approximate surface area is 154 Å². The molecular weight excluding hydrogens is 358 g/mol. The number of nitrogens with zero attached hydrogens (tertiary/aromatic N) is 3. The predicted molar refractivity (Wildman–Crippen MR) is 99.7 cm³/mol. The number of nitro groups is 1. The van der Waals surface area contributed by atoms with Gasteiger partial charge >= 0.3 is 0 Å². The highest BCUT2D eigenvalue weighted by molar-refractivity contribution is 7.80. The number of hydrogen-bond acceptors (Lipinski definition) is 7. The summed E-state index contributed by atoms with van der Waals surface area (Å²) in [6, 6.07) is 4.67. The van der Waals surface area contributed by atoms with Crippen molar-refractivity contribution in [1.29, 1.82) is 0 Å². The van der Waals surface area contributed by atoms with Crippen molar-refractivity contribution in [3.8, 4) is 0 Å². The maximum absolute atomic E-state index is 11.9. The molecule has 1 aromatic carbocycles. The molecule has 0 aromatic heterocycles. The largest absolute Gasteiger partial charge is 0.363 e. The lowest BCUT2D eigenvalue weighted by Crippen LogP contribution is -2.51. The van der Waals surface area contributed by atoms with Gasteiger partial charge in [-0.25, -0.2) is 0 Å². The summed E-state index contributed by atoms with van der Waals surface area (Å²) in [6.45, 7) is 3.03. The number of thiocarbonyl (C=S) groups is 1. The lowest BCUT2D eigenvalue weighted by molar-refractivity contribution is -0.384. The number of likely N-dealkylation sites (N-methyl/N-ethyl adjacent to an activating group) is 1. The third kappa shape index (κ3) is 3.70. The fourth-order valence-electron chi connectivity index (χ4n) is 2.86. The molecule has 9 nitrogen and oxygen atoms in total. The molecule has 1 aromatic rings. The van der Waals surface area contributed by atoms with Crippen LogP contribution < -0.4 is 15.5 Å². The van der Waals surface area contributed by atoms with Gasteiger partial charge in [0.1, 0.15) is 11.3 Å². The van der Waals surface area contributed by atoms with E-state index in [0.717, 1.165) is 13.1 Å². The molecule has 0 saturated carbocycles. The molecule has 2 saturated heterocycles. The zero-order valence-corrected chi connectivity index (χ0v) is 14.8. The van der Waals surface area contributed by atoms with Gasteiger partial charge in [0.05, 0.1) is 4.92 Å². The van der Waals surface area contributed by atoms with Gasteiger partial charge in [-0.2, -0.15) is 0 Å². The number of piperazine rings is 1. The van der Waals surface area contributed by atoms with Crippen molar-refractivity contribution in [2.45, 2.75) is 0 Å². The lowest BCUT2D eigenvalue weighted by atomic mass is 10.1. The van der Waals surface area contributed by atoms with Gasteiger partial charge in [-0.05, 0) is 37.0 Å². The SMILES string of the molecule is CN1CCN(c2ccc(C=C3C(=O)NC(=S)NC3=O)cc2[N+](=O)[O-])CC1. The Hall–Kier alpha value is -2.85. The van der Waals surface area contributed by atoms with Gasteiger partial charge in [0, 0.05) is 32.2 Å². The smallest absolute Gasteiger partial charge is 0.293 e. The highest BCUT2D eigenvalue weighted by Gasteiger charge is 2.27. The van der Waals surface area contributed by atoms with Crippen molar-refractivity contribution in [3.63, 3.8) is 0 Å². The van der Waals surface area contributed by atoms with Crippen LogP contribution in [0.1, 0.15) is 5.56 Å². The minimum atomic E-state index is -0.635. The van der Waals surface area contributed by atoms with Crippen LogP contribution >= 0.6 is 12.2 Å². The van der Waals surface area contributed by atoms with Crippen molar-refractivity contribution >= 4 is 46.6 Å². The molecule has 26 heavy (non-hydrogen) atoms. The van der Waals surface area contributed by atoms with E-state index in [0.29, 0.717) is 24.3 Å². The Morgan fingerprint density at radius 1 is 1.15 bits per heavy atom. The first-order chi connectivity index (χ1) is 12.3. The van der Waals surface area contributed by atoms with Crippen LogP contribution in [0.15, 0.2) is 23.8 Å². The number of anilines is 1. The summed E-state index contributed by atoms with van der Waals surface area (Å²) in [4.78, 5) is 39.0. The molecule has 10 heteroatoms. The fourth-order valence-corrected chi connectivity index (χ4v) is 3.05. The topological polar surface area (TPSA) is 108 Å². The van der Waals surface area contributed by atoms with Gasteiger partial charge in [-0.15, -0.1) is 0 Å². The molecule has 2 heterocycles. The van der Waals surface area contributed by atoms with Crippen LogP contribution in [-0.2, 0) is 9.59 Å². The van der Waals surface area contributed by atoms with Crippen LogP contribution in [0.4, 0.5) is 11.4 Å². The summed E-state index contributed by atoms with van der Waals surface area (Å²) in [5.41, 5.74) is 0.711. The zero-order valence-electron chi connectivity index (χ0n) is 14.0. The van der Waals surface area contributed by atoms with Gasteiger partial charge in [0.15, 0.2) is 5.11 Å². The molecule has 3 rings (SSSR count). The first kappa shape index (κ1) is 18.0. The van der Waals surface area contributed by atoms with Crippen LogP contribution in [0.5, 0.6) is 0 Å². The Bertz CT molecular complexity index is 808. The van der Waals surface area contributed by atoms with Gasteiger partial charge in [-0.1, -0.05) is 6.07 Å². The van der Waals surface area contributed by atoms with Gasteiger partial charge < -0.3 is 9.80 Å². The quantitative estimate of drug-likeness (QED) is 0.256. The second-order valence-electron chi connectivity index (χ2n) is 6.09. The van der Waals surface area contributed by atoms with E-state index in [2.05, 4.69) is 15.5 Å². The van der Waals surface area contributed by atoms with Crippen molar-refractivity contribution in [1.82, 2.24) is 15.5 Å². The summed E-state index contributed by atoms with van der Waals surface area (Å²) < 4.78 is 0. The molecule has 0 unspecified atom stereocenters. The van der Waals surface area contributed by atoms with E-state index in [1.807, 2.05) is 11.9 Å². The van der Waals surface area contributed by atoms with Gasteiger partial charge in [0.25, 0.3) is 17.5 Å². The Balaban J connectivity index is 1.93. The van der Waals surface area contributed by atoms with E-state index < -0.39 is 16.7 Å². The normalized spacial score (nSPS) is 18.4. The van der Waals surface area contributed by atoms with Crippen molar-refractivity contribution in [3.05, 3.63) is 39.4 Å². The standard InChI is InChI=1S/C16H17N5O4S/c1-19-4-6-20(7-5-19)12-3-2-10(9-13(12)21(24)25)8-11-14(22)17-16(26)18-15(11)23/h2-3,8-9H,4-7H2,1H3,(H2,17,18,22,23,26). The molecule has 136 valence electrons. The maximum Gasteiger partial charge on any atom is 0.293 e. The number of carbonyl (C=O) groups is 2. The highest BCUT2D eigenvalue weighted by atomic mass is 32.1. The van der Waals surface area contributed by atoms with Crippen molar-refractivity contribution < 1.29 is 14.5 Å². The maximum atomic E-state index is 11.9. The third-order valence-corrected chi connectivity index (χ3v) is 4.50. The fraction of sp³-hybridized carbons (Fsp3) is 0.312. The number of hydrogen-bond donors (Lipinski definition) is 2. The third-order valence-electron chi connectivity index (χ3n) is 4.29. The summed E-state index contributed by atoms with van der Waals surface area (Å²) >= 11 is 4.74. The molecule has 0 atom stereocenters. The zero-order chi connectivity index (χ0) is 18.8. The number of carbonyl (C=O) groups excluding carboxylic acids is 2. The summed E-state index contributed by atoms with van der Waals surface area (Å²) in [5, 5.41) is 16.1. The van der Waals surface area contributed by atoms with Crippen LogP contribution in [0.2, 0.25) is 0 Å². The first-order valence-electron chi connectivity index (χ1n) is 7.95. The Morgan fingerprint density at radius 3 is 2.35 bits per heavy atom. The molecular formula is C16H17N5O4S. The number of nitro benzene ring substituents is 1. The van der Waals surface area contributed by atoms with Crippen molar-refractivity contribution in [2.75, 3.05) is 38.1 Å². The first-order valence-corrected chi connectivity index (χ1v) is 8.36. The van der Waals surface area contributed by atoms with Gasteiger partial charge in [-0.3, -0.25) is 30.3 Å². The predicted octanol–water partition coefficient (Wildman–Crippen LogP) is 0.261. The van der Waals surface area contributed by atoms with E-state index in [4.69, 9.17) is 12.2 Å².